The molecule has 0 radical (unpaired) electrons. The Bertz CT molecular complexity index is 489. The molecule has 0 N–H and O–H groups in total. The molecule has 0 bridgehead atoms. The Morgan fingerprint density at radius 2 is 2.21 bits per heavy atom. The molecule has 1 atom stereocenters. The van der Waals surface area contributed by atoms with Gasteiger partial charge in [-0.05, 0) is 30.9 Å². The van der Waals surface area contributed by atoms with Crippen LogP contribution in [0.3, 0.4) is 0 Å². The van der Waals surface area contributed by atoms with Crippen molar-refractivity contribution in [1.82, 2.24) is 0 Å². The van der Waals surface area contributed by atoms with Crippen molar-refractivity contribution >= 4 is 19.7 Å². The SMILES string of the molecule is C[CH2][Al]([CH2]C)[C]1=C(c2ccoc2)C(C#[N+]C)CCC1. The standard InChI is InChI=1S/C12H13NO.2C2H5.Al/c1-13-8-10-4-2-3-5-12(10)11-6-7-14-9-11;2*1-2;/h6-7,9-10H,2-4H2,1H3;2*1H2,2H3;/q+1;;;. The van der Waals surface area contributed by atoms with E-state index < -0.39 is 14.1 Å². The van der Waals surface area contributed by atoms with Gasteiger partial charge in [0.25, 0.3) is 27.3 Å². The lowest BCUT2D eigenvalue weighted by Crippen LogP contribution is -2.21. The molecule has 100 valence electrons. The summed E-state index contributed by atoms with van der Waals surface area (Å²) in [5.41, 5.74) is 2.75. The van der Waals surface area contributed by atoms with Gasteiger partial charge >= 0.3 is 0 Å². The van der Waals surface area contributed by atoms with Crippen molar-refractivity contribution in [2.45, 2.75) is 43.7 Å². The summed E-state index contributed by atoms with van der Waals surface area (Å²) in [6.07, 6.45) is 7.41. The largest absolute Gasteiger partial charge is 0.472 e. The molecule has 0 saturated heterocycles. The Labute approximate surface area is 120 Å². The third kappa shape index (κ3) is 3.14. The first kappa shape index (κ1) is 14.5. The summed E-state index contributed by atoms with van der Waals surface area (Å²) in [4.78, 5) is 4.17. The van der Waals surface area contributed by atoms with E-state index in [-0.39, 0.29) is 0 Å². The van der Waals surface area contributed by atoms with Gasteiger partial charge in [-0.25, -0.2) is 0 Å². The number of hydrogen-bond donors (Lipinski definition) is 0. The fourth-order valence-electron chi connectivity index (χ4n) is 3.29. The lowest BCUT2D eigenvalue weighted by Gasteiger charge is -2.26. The lowest BCUT2D eigenvalue weighted by molar-refractivity contribution is 0.565. The first-order valence-corrected chi connectivity index (χ1v) is 9.62. The van der Waals surface area contributed by atoms with Gasteiger partial charge in [-0.15, -0.1) is 4.44 Å². The summed E-state index contributed by atoms with van der Waals surface area (Å²) in [5.74, 6) is 0.374. The highest BCUT2D eigenvalue weighted by molar-refractivity contribution is 6.67. The summed E-state index contributed by atoms with van der Waals surface area (Å²) in [6, 6.07) is 5.40. The van der Waals surface area contributed by atoms with Crippen LogP contribution in [0.1, 0.15) is 38.7 Å². The van der Waals surface area contributed by atoms with E-state index in [0.717, 1.165) is 0 Å². The molecule has 19 heavy (non-hydrogen) atoms. The van der Waals surface area contributed by atoms with E-state index in [4.69, 9.17) is 4.42 Å². The molecule has 1 heterocycles. The van der Waals surface area contributed by atoms with Gasteiger partial charge in [0.1, 0.15) is 5.92 Å². The van der Waals surface area contributed by atoms with Crippen molar-refractivity contribution in [3.05, 3.63) is 33.4 Å². The quantitative estimate of drug-likeness (QED) is 0.715. The van der Waals surface area contributed by atoms with Gasteiger partial charge in [0.15, 0.2) is 0 Å². The molecular weight excluding hydrogens is 249 g/mol. The average Bonchev–Trinajstić information content (AvgIpc) is 2.94. The predicted molar refractivity (Wildman–Crippen MR) is 82.9 cm³/mol. The molecule has 1 aliphatic carbocycles. The first-order chi connectivity index (χ1) is 9.31. The second kappa shape index (κ2) is 6.99. The van der Waals surface area contributed by atoms with Crippen LogP contribution >= 0.6 is 0 Å². The van der Waals surface area contributed by atoms with E-state index in [1.807, 2.05) is 13.3 Å². The van der Waals surface area contributed by atoms with Crippen molar-refractivity contribution < 1.29 is 4.42 Å². The van der Waals surface area contributed by atoms with Crippen molar-refractivity contribution in [3.63, 3.8) is 0 Å². The maximum atomic E-state index is 5.31. The summed E-state index contributed by atoms with van der Waals surface area (Å²) in [5, 5.41) is 2.70. The highest BCUT2D eigenvalue weighted by Crippen LogP contribution is 2.39. The van der Waals surface area contributed by atoms with Crippen molar-refractivity contribution in [3.8, 4) is 6.07 Å². The Hall–Kier alpha value is -0.958. The molecule has 1 aromatic heterocycles. The minimum atomic E-state index is -0.783. The van der Waals surface area contributed by atoms with E-state index in [1.165, 1.54) is 41.0 Å². The Morgan fingerprint density at radius 3 is 2.79 bits per heavy atom. The molecule has 0 saturated carbocycles. The van der Waals surface area contributed by atoms with Gasteiger partial charge in [0, 0.05) is 5.56 Å². The Balaban J connectivity index is 2.50. The summed E-state index contributed by atoms with van der Waals surface area (Å²) >= 11 is -0.783. The van der Waals surface area contributed by atoms with Crippen LogP contribution in [0.4, 0.5) is 0 Å². The number of nitrogens with zero attached hydrogens (tertiary/aromatic N) is 1. The smallest absolute Gasteiger partial charge is 0.299 e. The molecule has 1 aliphatic rings. The topological polar surface area (TPSA) is 17.5 Å². The normalized spacial score (nSPS) is 19.0. The van der Waals surface area contributed by atoms with Crippen molar-refractivity contribution in [1.29, 1.82) is 0 Å². The number of furan rings is 1. The Kier molecular flexibility index (Phi) is 5.32. The van der Waals surface area contributed by atoms with Gasteiger partial charge in [0.2, 0.25) is 0 Å². The van der Waals surface area contributed by atoms with Crippen LogP contribution in [0.5, 0.6) is 0 Å². The van der Waals surface area contributed by atoms with Crippen LogP contribution in [0.25, 0.3) is 10.4 Å². The fraction of sp³-hybridized carbons (Fsp3) is 0.562. The van der Waals surface area contributed by atoms with Gasteiger partial charge in [-0.2, -0.15) is 0 Å². The molecule has 0 amide bonds. The van der Waals surface area contributed by atoms with E-state index in [9.17, 15) is 0 Å². The minimum absolute atomic E-state index is 0.374. The second-order valence-electron chi connectivity index (χ2n) is 5.26. The third-order valence-corrected chi connectivity index (χ3v) is 7.79. The van der Waals surface area contributed by atoms with Crippen LogP contribution in [-0.4, -0.2) is 21.2 Å². The number of allylic oxidation sites excluding steroid dienone is 2. The van der Waals surface area contributed by atoms with Gasteiger partial charge in [-0.3, -0.25) is 0 Å². The molecule has 0 aliphatic heterocycles. The maximum Gasteiger partial charge on any atom is 0.299 e. The van der Waals surface area contributed by atoms with E-state index in [2.05, 4.69) is 30.8 Å². The molecule has 1 unspecified atom stereocenters. The van der Waals surface area contributed by atoms with Gasteiger partial charge < -0.3 is 4.42 Å². The van der Waals surface area contributed by atoms with E-state index in [1.54, 1.807) is 10.7 Å². The highest BCUT2D eigenvalue weighted by Gasteiger charge is 2.31. The highest BCUT2D eigenvalue weighted by atomic mass is 27.2. The lowest BCUT2D eigenvalue weighted by atomic mass is 9.85. The van der Waals surface area contributed by atoms with E-state index in [0.29, 0.717) is 5.92 Å². The summed E-state index contributed by atoms with van der Waals surface area (Å²) in [6.45, 7) is 4.70. The number of hydrogen-bond acceptors (Lipinski definition) is 1. The van der Waals surface area contributed by atoms with Crippen LogP contribution in [0.2, 0.25) is 10.6 Å². The van der Waals surface area contributed by atoms with E-state index >= 15 is 0 Å². The predicted octanol–water partition coefficient (Wildman–Crippen LogP) is 4.87. The van der Waals surface area contributed by atoms with Crippen molar-refractivity contribution in [2.75, 3.05) is 7.05 Å². The van der Waals surface area contributed by atoms with Crippen LogP contribution in [0.15, 0.2) is 27.4 Å². The van der Waals surface area contributed by atoms with Crippen LogP contribution in [0, 0.1) is 12.0 Å². The zero-order valence-electron chi connectivity index (χ0n) is 12.3. The zero-order chi connectivity index (χ0) is 13.7. The first-order valence-electron chi connectivity index (χ1n) is 7.41. The fourth-order valence-corrected chi connectivity index (χ4v) is 6.28. The average molecular weight is 272 g/mol. The molecule has 0 spiro atoms. The van der Waals surface area contributed by atoms with Gasteiger partial charge in [0.05, 0.1) is 12.5 Å². The zero-order valence-corrected chi connectivity index (χ0v) is 13.4. The number of rotatable bonds is 4. The molecule has 0 fully saturated rings. The molecule has 2 rings (SSSR count). The minimum Gasteiger partial charge on any atom is -0.472 e. The van der Waals surface area contributed by atoms with Crippen LogP contribution < -0.4 is 0 Å². The third-order valence-electron chi connectivity index (χ3n) is 4.23. The molecule has 2 nitrogen and oxygen atoms in total. The molecular formula is C16H23AlNO+. The van der Waals surface area contributed by atoms with Crippen LogP contribution in [-0.2, 0) is 0 Å². The molecule has 1 aromatic rings. The molecule has 3 heteroatoms. The summed E-state index contributed by atoms with van der Waals surface area (Å²) in [7, 11) is 1.83. The summed E-state index contributed by atoms with van der Waals surface area (Å²) < 4.78 is 7.06. The maximum absolute atomic E-state index is 5.31. The van der Waals surface area contributed by atoms with Gasteiger partial charge in [-0.1, -0.05) is 29.3 Å². The monoisotopic (exact) mass is 272 g/mol. The second-order valence-corrected chi connectivity index (χ2v) is 8.99. The van der Waals surface area contributed by atoms with Crippen molar-refractivity contribution in [2.24, 2.45) is 5.92 Å². The Morgan fingerprint density at radius 1 is 1.42 bits per heavy atom. The molecule has 0 aromatic carbocycles.